The Morgan fingerprint density at radius 3 is 2.75 bits per heavy atom. The average molecular weight is 285 g/mol. The van der Waals surface area contributed by atoms with Crippen LogP contribution in [-0.2, 0) is 4.79 Å². The summed E-state index contributed by atoms with van der Waals surface area (Å²) >= 11 is 1.33. The van der Waals surface area contributed by atoms with E-state index >= 15 is 0 Å². The summed E-state index contributed by atoms with van der Waals surface area (Å²) in [6.07, 6.45) is 1.61. The van der Waals surface area contributed by atoms with Crippen LogP contribution in [0.2, 0.25) is 0 Å². The molecule has 100 valence electrons. The molecule has 0 fully saturated rings. The van der Waals surface area contributed by atoms with Gasteiger partial charge in [0.1, 0.15) is 6.54 Å². The Balaban J connectivity index is 1.75. The summed E-state index contributed by atoms with van der Waals surface area (Å²) in [5, 5.41) is 4.94. The van der Waals surface area contributed by atoms with Crippen molar-refractivity contribution in [3.05, 3.63) is 53.5 Å². The summed E-state index contributed by atoms with van der Waals surface area (Å²) in [5.41, 5.74) is 1.92. The van der Waals surface area contributed by atoms with Crippen LogP contribution >= 0.6 is 11.3 Å². The first-order valence-electron chi connectivity index (χ1n) is 5.96. The second-order valence-corrected chi connectivity index (χ2v) is 5.16. The fourth-order valence-corrected chi connectivity index (χ4v) is 2.63. The number of amides is 2. The number of thiazole rings is 1. The summed E-state index contributed by atoms with van der Waals surface area (Å²) in [4.78, 5) is 29.5. The number of nitrogens with one attached hydrogen (secondary N) is 1. The van der Waals surface area contributed by atoms with Gasteiger partial charge in [0.05, 0.1) is 0 Å². The Kier molecular flexibility index (Phi) is 3.08. The van der Waals surface area contributed by atoms with Gasteiger partial charge in [-0.2, -0.15) is 0 Å². The number of carbonyl (C=O) groups excluding carboxylic acids is 2. The van der Waals surface area contributed by atoms with Crippen LogP contribution in [0.1, 0.15) is 15.9 Å². The average Bonchev–Trinajstić information content (AvgIpc) is 3.03. The highest BCUT2D eigenvalue weighted by atomic mass is 32.1. The number of benzene rings is 1. The van der Waals surface area contributed by atoms with Crippen LogP contribution in [0.15, 0.2) is 42.4 Å². The van der Waals surface area contributed by atoms with E-state index in [1.165, 1.54) is 16.2 Å². The summed E-state index contributed by atoms with van der Waals surface area (Å²) in [6.45, 7) is 3.83. The van der Waals surface area contributed by atoms with Crippen molar-refractivity contribution in [1.82, 2.24) is 9.88 Å². The number of rotatable bonds is 3. The highest BCUT2D eigenvalue weighted by Crippen LogP contribution is 2.30. The smallest absolute Gasteiger partial charge is 0.259 e. The van der Waals surface area contributed by atoms with Gasteiger partial charge in [-0.25, -0.2) is 4.98 Å². The van der Waals surface area contributed by atoms with E-state index in [2.05, 4.69) is 16.9 Å². The van der Waals surface area contributed by atoms with Gasteiger partial charge in [-0.05, 0) is 6.07 Å². The largest absolute Gasteiger partial charge is 0.300 e. The Morgan fingerprint density at radius 1 is 1.35 bits per heavy atom. The molecule has 1 aromatic heterocycles. The first-order chi connectivity index (χ1) is 9.66. The van der Waals surface area contributed by atoms with Crippen LogP contribution in [0.4, 0.5) is 5.13 Å². The Labute approximate surface area is 119 Å². The van der Waals surface area contributed by atoms with Gasteiger partial charge in [-0.15, -0.1) is 11.3 Å². The van der Waals surface area contributed by atoms with E-state index < -0.39 is 0 Å². The molecule has 0 spiro atoms. The predicted molar refractivity (Wildman–Crippen MR) is 77.3 cm³/mol. The van der Waals surface area contributed by atoms with Gasteiger partial charge >= 0.3 is 0 Å². The van der Waals surface area contributed by atoms with Gasteiger partial charge in [-0.3, -0.25) is 14.5 Å². The minimum atomic E-state index is -0.290. The normalized spacial score (nSPS) is 13.5. The minimum Gasteiger partial charge on any atom is -0.300 e. The molecule has 0 saturated carbocycles. The van der Waals surface area contributed by atoms with Gasteiger partial charge in [0.25, 0.3) is 5.91 Å². The SMILES string of the molecule is C=C1c2ccccc2C(=O)N1CC(=O)Nc1nccs1. The molecule has 3 rings (SSSR count). The Bertz CT molecular complexity index is 659. The number of carbonyl (C=O) groups is 2. The van der Waals surface area contributed by atoms with Gasteiger partial charge in [0.15, 0.2) is 5.13 Å². The molecule has 1 aliphatic heterocycles. The molecule has 0 aliphatic carbocycles. The molecule has 0 bridgehead atoms. The van der Waals surface area contributed by atoms with Crippen molar-refractivity contribution in [3.63, 3.8) is 0 Å². The Morgan fingerprint density at radius 2 is 2.10 bits per heavy atom. The van der Waals surface area contributed by atoms with Crippen molar-refractivity contribution < 1.29 is 9.59 Å². The first kappa shape index (κ1) is 12.6. The van der Waals surface area contributed by atoms with E-state index in [9.17, 15) is 9.59 Å². The minimum absolute atomic E-state index is 0.0636. The van der Waals surface area contributed by atoms with Gasteiger partial charge < -0.3 is 5.32 Å². The third kappa shape index (κ3) is 2.10. The molecular weight excluding hydrogens is 274 g/mol. The molecule has 1 aromatic carbocycles. The molecule has 1 N–H and O–H groups in total. The third-order valence-corrected chi connectivity index (χ3v) is 3.71. The van der Waals surface area contributed by atoms with Crippen LogP contribution in [0.25, 0.3) is 5.70 Å². The maximum Gasteiger partial charge on any atom is 0.259 e. The van der Waals surface area contributed by atoms with E-state index in [0.717, 1.165) is 5.56 Å². The quantitative estimate of drug-likeness (QED) is 0.940. The predicted octanol–water partition coefficient (Wildman–Crippen LogP) is 2.21. The molecule has 0 atom stereocenters. The number of nitrogens with zero attached hydrogens (tertiary/aromatic N) is 2. The topological polar surface area (TPSA) is 62.3 Å². The lowest BCUT2D eigenvalue weighted by Crippen LogP contribution is -2.32. The van der Waals surface area contributed by atoms with E-state index in [1.807, 2.05) is 12.1 Å². The number of hydrogen-bond acceptors (Lipinski definition) is 4. The zero-order valence-electron chi connectivity index (χ0n) is 10.5. The van der Waals surface area contributed by atoms with Crippen LogP contribution in [-0.4, -0.2) is 28.2 Å². The summed E-state index contributed by atoms with van der Waals surface area (Å²) in [6, 6.07) is 7.20. The summed E-state index contributed by atoms with van der Waals surface area (Å²) < 4.78 is 0. The lowest BCUT2D eigenvalue weighted by Gasteiger charge is -2.16. The van der Waals surface area contributed by atoms with Crippen molar-refractivity contribution in [3.8, 4) is 0 Å². The van der Waals surface area contributed by atoms with E-state index in [4.69, 9.17) is 0 Å². The fourth-order valence-electron chi connectivity index (χ4n) is 2.09. The molecular formula is C14H11N3O2S. The van der Waals surface area contributed by atoms with E-state index in [1.54, 1.807) is 23.7 Å². The molecule has 2 heterocycles. The Hall–Kier alpha value is -2.47. The van der Waals surface area contributed by atoms with Crippen molar-refractivity contribution >= 4 is 34.0 Å². The highest BCUT2D eigenvalue weighted by Gasteiger charge is 2.31. The van der Waals surface area contributed by atoms with Crippen molar-refractivity contribution in [2.24, 2.45) is 0 Å². The number of fused-ring (bicyclic) bond motifs is 1. The van der Waals surface area contributed by atoms with Crippen LogP contribution in [0.3, 0.4) is 0 Å². The molecule has 2 aromatic rings. The van der Waals surface area contributed by atoms with Crippen LogP contribution in [0, 0.1) is 0 Å². The highest BCUT2D eigenvalue weighted by molar-refractivity contribution is 7.13. The third-order valence-electron chi connectivity index (χ3n) is 3.02. The monoisotopic (exact) mass is 285 g/mol. The molecule has 0 saturated heterocycles. The van der Waals surface area contributed by atoms with Crippen molar-refractivity contribution in [1.29, 1.82) is 0 Å². The van der Waals surface area contributed by atoms with Gasteiger partial charge in [0.2, 0.25) is 5.91 Å². The standard InChI is InChI=1S/C14H11N3O2S/c1-9-10-4-2-3-5-11(10)13(19)17(9)8-12(18)16-14-15-6-7-20-14/h2-7H,1,8H2,(H,15,16,18). The molecule has 5 nitrogen and oxygen atoms in total. The lowest BCUT2D eigenvalue weighted by atomic mass is 10.1. The number of aromatic nitrogens is 1. The maximum absolute atomic E-state index is 12.2. The van der Waals surface area contributed by atoms with Crippen molar-refractivity contribution in [2.45, 2.75) is 0 Å². The molecule has 0 unspecified atom stereocenters. The molecule has 20 heavy (non-hydrogen) atoms. The zero-order chi connectivity index (χ0) is 14.1. The van der Waals surface area contributed by atoms with Crippen LogP contribution in [0.5, 0.6) is 0 Å². The summed E-state index contributed by atoms with van der Waals surface area (Å²) in [7, 11) is 0. The maximum atomic E-state index is 12.2. The number of anilines is 1. The molecule has 1 aliphatic rings. The van der Waals surface area contributed by atoms with Gasteiger partial charge in [-0.1, -0.05) is 24.8 Å². The van der Waals surface area contributed by atoms with Crippen LogP contribution < -0.4 is 5.32 Å². The second kappa shape index (κ2) is 4.90. The molecule has 6 heteroatoms. The summed E-state index contributed by atoms with van der Waals surface area (Å²) in [5.74, 6) is -0.484. The fraction of sp³-hybridized carbons (Fsp3) is 0.0714. The van der Waals surface area contributed by atoms with E-state index in [0.29, 0.717) is 16.4 Å². The van der Waals surface area contributed by atoms with Crippen molar-refractivity contribution in [2.75, 3.05) is 11.9 Å². The molecule has 2 amide bonds. The van der Waals surface area contributed by atoms with Gasteiger partial charge in [0, 0.05) is 28.4 Å². The van der Waals surface area contributed by atoms with E-state index in [-0.39, 0.29) is 18.4 Å². The number of hydrogen-bond donors (Lipinski definition) is 1. The first-order valence-corrected chi connectivity index (χ1v) is 6.84. The lowest BCUT2D eigenvalue weighted by molar-refractivity contribution is -0.116. The zero-order valence-corrected chi connectivity index (χ0v) is 11.3. The second-order valence-electron chi connectivity index (χ2n) is 4.27. The molecule has 0 radical (unpaired) electrons.